The van der Waals surface area contributed by atoms with Crippen LogP contribution >= 0.6 is 0 Å². The number of aliphatic hydroxyl groups is 1. The van der Waals surface area contributed by atoms with Gasteiger partial charge in [0, 0.05) is 5.69 Å². The lowest BCUT2D eigenvalue weighted by Crippen LogP contribution is -2.29. The number of carbonyl (C=O) groups excluding carboxylic acids is 2. The molecule has 4 rings (SSSR count). The average molecular weight is 490 g/mol. The highest BCUT2D eigenvalue weighted by atomic mass is 19.1. The number of hydrogen-bond donors (Lipinski definition) is 1. The van der Waals surface area contributed by atoms with Crippen LogP contribution in [0, 0.1) is 5.82 Å². The molecule has 1 atom stereocenters. The average Bonchev–Trinajstić information content (AvgIpc) is 3.13. The number of rotatable bonds is 5. The highest BCUT2D eigenvalue weighted by molar-refractivity contribution is 6.51. The Morgan fingerprint density at radius 2 is 1.64 bits per heavy atom. The zero-order valence-electron chi connectivity index (χ0n) is 20.8. The summed E-state index contributed by atoms with van der Waals surface area (Å²) in [5, 5.41) is 11.6. The first-order valence-corrected chi connectivity index (χ1v) is 11.5. The van der Waals surface area contributed by atoms with E-state index in [1.807, 2.05) is 26.8 Å². The van der Waals surface area contributed by atoms with E-state index in [1.54, 1.807) is 42.5 Å². The van der Waals surface area contributed by atoms with Crippen LogP contribution in [0.3, 0.4) is 0 Å². The number of amides is 1. The minimum absolute atomic E-state index is 0.112. The quantitative estimate of drug-likeness (QED) is 0.280. The van der Waals surface area contributed by atoms with Gasteiger partial charge < -0.3 is 14.6 Å². The van der Waals surface area contributed by atoms with E-state index in [0.717, 1.165) is 5.56 Å². The molecule has 1 N–H and O–H groups in total. The predicted molar refractivity (Wildman–Crippen MR) is 136 cm³/mol. The van der Waals surface area contributed by atoms with Crippen LogP contribution in [0.25, 0.3) is 5.76 Å². The summed E-state index contributed by atoms with van der Waals surface area (Å²) in [5.41, 5.74) is 1.59. The van der Waals surface area contributed by atoms with Crippen molar-refractivity contribution in [3.05, 3.63) is 94.8 Å². The lowest BCUT2D eigenvalue weighted by atomic mass is 9.85. The fourth-order valence-electron chi connectivity index (χ4n) is 4.33. The van der Waals surface area contributed by atoms with Crippen molar-refractivity contribution in [3.63, 3.8) is 0 Å². The fourth-order valence-corrected chi connectivity index (χ4v) is 4.33. The monoisotopic (exact) mass is 489 g/mol. The van der Waals surface area contributed by atoms with Crippen LogP contribution in [-0.2, 0) is 15.0 Å². The summed E-state index contributed by atoms with van der Waals surface area (Å²) in [6, 6.07) is 16.6. The molecule has 0 aliphatic carbocycles. The molecule has 6 nitrogen and oxygen atoms in total. The molecule has 1 aliphatic heterocycles. The molecule has 1 fully saturated rings. The number of Topliss-reactive ketones (excluding diaryl/α,β-unsaturated/α-hetero) is 1. The predicted octanol–water partition coefficient (Wildman–Crippen LogP) is 5.77. The maximum atomic E-state index is 14.1. The van der Waals surface area contributed by atoms with Crippen molar-refractivity contribution < 1.29 is 28.6 Å². The molecule has 0 bridgehead atoms. The number of ketones is 1. The zero-order valence-corrected chi connectivity index (χ0v) is 20.8. The number of benzene rings is 3. The van der Waals surface area contributed by atoms with Crippen molar-refractivity contribution in [2.45, 2.75) is 32.2 Å². The molecule has 0 radical (unpaired) electrons. The summed E-state index contributed by atoms with van der Waals surface area (Å²) in [6.07, 6.45) is 0. The molecule has 0 aromatic heterocycles. The van der Waals surface area contributed by atoms with E-state index in [0.29, 0.717) is 22.6 Å². The number of methoxy groups -OCH3 is 2. The molecule has 3 aromatic rings. The Balaban J connectivity index is 1.99. The molecule has 36 heavy (non-hydrogen) atoms. The molecule has 1 unspecified atom stereocenters. The molecule has 1 aliphatic rings. The van der Waals surface area contributed by atoms with Crippen LogP contribution in [0.1, 0.15) is 43.5 Å². The summed E-state index contributed by atoms with van der Waals surface area (Å²) in [7, 11) is 3.00. The summed E-state index contributed by atoms with van der Waals surface area (Å²) >= 11 is 0. The van der Waals surface area contributed by atoms with Crippen LogP contribution in [0.4, 0.5) is 10.1 Å². The van der Waals surface area contributed by atoms with Gasteiger partial charge in [-0.15, -0.1) is 0 Å². The van der Waals surface area contributed by atoms with Crippen LogP contribution < -0.4 is 14.4 Å². The summed E-state index contributed by atoms with van der Waals surface area (Å²) in [4.78, 5) is 27.9. The molecule has 3 aromatic carbocycles. The van der Waals surface area contributed by atoms with E-state index in [9.17, 15) is 19.1 Å². The van der Waals surface area contributed by atoms with E-state index < -0.39 is 23.5 Å². The van der Waals surface area contributed by atoms with Crippen LogP contribution in [0.5, 0.6) is 11.5 Å². The van der Waals surface area contributed by atoms with Gasteiger partial charge >= 0.3 is 0 Å². The Morgan fingerprint density at radius 3 is 2.22 bits per heavy atom. The third-order valence-corrected chi connectivity index (χ3v) is 6.28. The van der Waals surface area contributed by atoms with Gasteiger partial charge in [-0.1, -0.05) is 45.0 Å². The van der Waals surface area contributed by atoms with Gasteiger partial charge in [0.25, 0.3) is 11.7 Å². The van der Waals surface area contributed by atoms with Gasteiger partial charge in [0.05, 0.1) is 31.4 Å². The molecule has 1 amide bonds. The number of nitrogens with zero attached hydrogens (tertiary/aromatic N) is 1. The number of halogens is 1. The number of aliphatic hydroxyl groups excluding tert-OH is 1. The maximum absolute atomic E-state index is 14.1. The first-order chi connectivity index (χ1) is 17.1. The largest absolute Gasteiger partial charge is 0.507 e. The van der Waals surface area contributed by atoms with Crippen molar-refractivity contribution in [3.8, 4) is 11.5 Å². The molecule has 7 heteroatoms. The Kier molecular flexibility index (Phi) is 6.59. The van der Waals surface area contributed by atoms with E-state index in [4.69, 9.17) is 9.47 Å². The zero-order chi connectivity index (χ0) is 26.2. The van der Waals surface area contributed by atoms with Crippen molar-refractivity contribution >= 4 is 23.1 Å². The van der Waals surface area contributed by atoms with Gasteiger partial charge in [0.15, 0.2) is 0 Å². The Labute approximate surface area is 209 Å². The van der Waals surface area contributed by atoms with Crippen molar-refractivity contribution in [1.82, 2.24) is 0 Å². The molecular formula is C29H28FNO5. The van der Waals surface area contributed by atoms with Gasteiger partial charge in [-0.05, 0) is 59.0 Å². The highest BCUT2D eigenvalue weighted by Crippen LogP contribution is 2.44. The number of ether oxygens (including phenoxy) is 2. The Hall–Kier alpha value is -4.13. The lowest BCUT2D eigenvalue weighted by Gasteiger charge is -2.26. The lowest BCUT2D eigenvalue weighted by molar-refractivity contribution is -0.132. The second-order valence-corrected chi connectivity index (χ2v) is 9.59. The number of anilines is 1. The molecule has 0 spiro atoms. The van der Waals surface area contributed by atoms with Crippen LogP contribution in [0.2, 0.25) is 0 Å². The highest BCUT2D eigenvalue weighted by Gasteiger charge is 2.47. The summed E-state index contributed by atoms with van der Waals surface area (Å²) in [5.74, 6) is -1.72. The standard InChI is InChI=1S/C29H28FNO5/c1-29(2,3)18-11-14-23(36-5)22(15-18)26(32)24-25(17-9-12-21(35-4)13-10-17)31(28(34)27(24)33)20-8-6-7-19(30)16-20/h6-16,25,32H,1-5H3/b26-24+. The van der Waals surface area contributed by atoms with E-state index >= 15 is 0 Å². The minimum atomic E-state index is -0.999. The Morgan fingerprint density at radius 1 is 0.944 bits per heavy atom. The first-order valence-electron chi connectivity index (χ1n) is 11.5. The normalized spacial score (nSPS) is 17.4. The van der Waals surface area contributed by atoms with Crippen LogP contribution in [-0.4, -0.2) is 31.0 Å². The third kappa shape index (κ3) is 4.44. The van der Waals surface area contributed by atoms with Crippen molar-refractivity contribution in [2.24, 2.45) is 0 Å². The van der Waals surface area contributed by atoms with E-state index in [-0.39, 0.29) is 22.4 Å². The minimum Gasteiger partial charge on any atom is -0.507 e. The SMILES string of the molecule is COc1ccc(C2/C(=C(\O)c3cc(C(C)(C)C)ccc3OC)C(=O)C(=O)N2c2cccc(F)c2)cc1. The van der Waals surface area contributed by atoms with Crippen molar-refractivity contribution in [1.29, 1.82) is 0 Å². The van der Waals surface area contributed by atoms with Gasteiger partial charge in [0.2, 0.25) is 0 Å². The maximum Gasteiger partial charge on any atom is 0.300 e. The smallest absolute Gasteiger partial charge is 0.300 e. The fraction of sp³-hybridized carbons (Fsp3) is 0.241. The number of hydrogen-bond acceptors (Lipinski definition) is 5. The molecule has 1 saturated heterocycles. The molecular weight excluding hydrogens is 461 g/mol. The molecule has 0 saturated carbocycles. The summed E-state index contributed by atoms with van der Waals surface area (Å²) < 4.78 is 24.9. The van der Waals surface area contributed by atoms with E-state index in [1.165, 1.54) is 37.3 Å². The van der Waals surface area contributed by atoms with Crippen LogP contribution in [0.15, 0.2) is 72.3 Å². The van der Waals surface area contributed by atoms with E-state index in [2.05, 4.69) is 0 Å². The van der Waals surface area contributed by atoms with Gasteiger partial charge in [-0.2, -0.15) is 0 Å². The van der Waals surface area contributed by atoms with Crippen molar-refractivity contribution in [2.75, 3.05) is 19.1 Å². The second-order valence-electron chi connectivity index (χ2n) is 9.59. The second kappa shape index (κ2) is 9.49. The third-order valence-electron chi connectivity index (χ3n) is 6.28. The van der Waals surface area contributed by atoms with Gasteiger partial charge in [-0.25, -0.2) is 4.39 Å². The summed E-state index contributed by atoms with van der Waals surface area (Å²) in [6.45, 7) is 6.08. The molecule has 1 heterocycles. The van der Waals surface area contributed by atoms with Gasteiger partial charge in [-0.3, -0.25) is 14.5 Å². The molecule has 186 valence electrons. The first kappa shape index (κ1) is 25.0. The topological polar surface area (TPSA) is 76.1 Å². The Bertz CT molecular complexity index is 1350. The van der Waals surface area contributed by atoms with Gasteiger partial charge in [0.1, 0.15) is 23.1 Å². The number of carbonyl (C=O) groups is 2.